The highest BCUT2D eigenvalue weighted by atomic mass is 16.6. The van der Waals surface area contributed by atoms with Gasteiger partial charge in [-0.3, -0.25) is 14.4 Å². The average molecular weight is 920 g/mol. The first-order valence-corrected chi connectivity index (χ1v) is 29.5. The molecule has 386 valence electrons. The highest BCUT2D eigenvalue weighted by Crippen LogP contribution is 2.18. The van der Waals surface area contributed by atoms with E-state index in [0.29, 0.717) is 19.3 Å². The predicted octanol–water partition coefficient (Wildman–Crippen LogP) is 19.5. The van der Waals surface area contributed by atoms with Crippen LogP contribution in [0.15, 0.2) is 0 Å². The SMILES string of the molecule is CCCCCCCCCCCCCCCCCCCCCCCCCCCC(=O)OCC(COC(=O)CCCCCCCCCCCCC)OC(=O)CCCCCCCCCCCCC. The lowest BCUT2D eigenvalue weighted by molar-refractivity contribution is -0.167. The van der Waals surface area contributed by atoms with Gasteiger partial charge in [0.15, 0.2) is 6.10 Å². The third kappa shape index (κ3) is 53.2. The molecule has 65 heavy (non-hydrogen) atoms. The molecule has 0 amide bonds. The van der Waals surface area contributed by atoms with E-state index in [1.54, 1.807) is 0 Å². The maximum Gasteiger partial charge on any atom is 0.306 e. The van der Waals surface area contributed by atoms with Gasteiger partial charge in [-0.2, -0.15) is 0 Å². The minimum atomic E-state index is -0.760. The zero-order valence-electron chi connectivity index (χ0n) is 44.3. The second-order valence-electron chi connectivity index (χ2n) is 20.3. The quantitative estimate of drug-likeness (QED) is 0.0344. The molecule has 0 bridgehead atoms. The summed E-state index contributed by atoms with van der Waals surface area (Å²) in [6, 6.07) is 0. The summed E-state index contributed by atoms with van der Waals surface area (Å²) in [5.41, 5.74) is 0. The molecular formula is C59H114O6. The molecule has 0 saturated heterocycles. The molecule has 6 nitrogen and oxygen atoms in total. The van der Waals surface area contributed by atoms with Gasteiger partial charge in [-0.25, -0.2) is 0 Å². The van der Waals surface area contributed by atoms with Gasteiger partial charge in [-0.05, 0) is 19.3 Å². The van der Waals surface area contributed by atoms with Gasteiger partial charge >= 0.3 is 17.9 Å². The minimum Gasteiger partial charge on any atom is -0.462 e. The molecule has 0 radical (unpaired) electrons. The zero-order chi connectivity index (χ0) is 47.2. The lowest BCUT2D eigenvalue weighted by Crippen LogP contribution is -2.30. The molecule has 0 saturated carbocycles. The van der Waals surface area contributed by atoms with E-state index in [-0.39, 0.29) is 31.1 Å². The van der Waals surface area contributed by atoms with Crippen LogP contribution in [0.4, 0.5) is 0 Å². The normalized spacial score (nSPS) is 11.9. The number of unbranched alkanes of at least 4 members (excludes halogenated alkanes) is 44. The van der Waals surface area contributed by atoms with Gasteiger partial charge in [0, 0.05) is 19.3 Å². The van der Waals surface area contributed by atoms with E-state index < -0.39 is 6.10 Å². The molecule has 0 aromatic heterocycles. The Kier molecular flexibility index (Phi) is 53.7. The molecule has 0 rings (SSSR count). The third-order valence-corrected chi connectivity index (χ3v) is 13.6. The number of rotatable bonds is 55. The summed E-state index contributed by atoms with van der Waals surface area (Å²) in [5, 5.41) is 0. The monoisotopic (exact) mass is 919 g/mol. The van der Waals surface area contributed by atoms with Crippen molar-refractivity contribution in [3.05, 3.63) is 0 Å². The van der Waals surface area contributed by atoms with Crippen molar-refractivity contribution >= 4 is 17.9 Å². The Morgan fingerprint density at radius 2 is 0.415 bits per heavy atom. The molecule has 0 aliphatic carbocycles. The Labute approximate surface area is 406 Å². The molecule has 6 heteroatoms. The van der Waals surface area contributed by atoms with E-state index in [1.807, 2.05) is 0 Å². The van der Waals surface area contributed by atoms with Crippen molar-refractivity contribution in [2.24, 2.45) is 0 Å². The maximum absolute atomic E-state index is 12.8. The van der Waals surface area contributed by atoms with Crippen molar-refractivity contribution < 1.29 is 28.6 Å². The summed E-state index contributed by atoms with van der Waals surface area (Å²) in [6.45, 7) is 6.69. The topological polar surface area (TPSA) is 78.9 Å². The molecule has 0 N–H and O–H groups in total. The second-order valence-corrected chi connectivity index (χ2v) is 20.3. The van der Waals surface area contributed by atoms with E-state index >= 15 is 0 Å². The Morgan fingerprint density at radius 3 is 0.615 bits per heavy atom. The van der Waals surface area contributed by atoms with Gasteiger partial charge in [-0.15, -0.1) is 0 Å². The lowest BCUT2D eigenvalue weighted by atomic mass is 10.0. The molecule has 0 spiro atoms. The molecule has 0 aromatic carbocycles. The summed E-state index contributed by atoms with van der Waals surface area (Å²) in [5.74, 6) is -0.838. The van der Waals surface area contributed by atoms with Gasteiger partial charge in [-0.1, -0.05) is 303 Å². The van der Waals surface area contributed by atoms with Gasteiger partial charge in [0.1, 0.15) is 13.2 Å². The Hall–Kier alpha value is -1.59. The number of hydrogen-bond acceptors (Lipinski definition) is 6. The lowest BCUT2D eigenvalue weighted by Gasteiger charge is -2.18. The number of ether oxygens (including phenoxy) is 3. The summed E-state index contributed by atoms with van der Waals surface area (Å²) in [6.07, 6.45) is 61.2. The molecule has 0 heterocycles. The van der Waals surface area contributed by atoms with Crippen LogP contribution >= 0.6 is 0 Å². The number of esters is 3. The van der Waals surface area contributed by atoms with Crippen LogP contribution in [0.3, 0.4) is 0 Å². The first-order chi connectivity index (χ1) is 32.0. The van der Waals surface area contributed by atoms with Gasteiger partial charge in [0.2, 0.25) is 0 Å². The standard InChI is InChI=1S/C59H114O6/c1-4-7-10-13-16-19-22-23-24-25-26-27-28-29-30-31-32-33-34-35-38-40-43-46-49-52-58(61)64-55-56(65-59(62)53-50-47-44-41-37-21-18-15-12-9-6-3)54-63-57(60)51-48-45-42-39-36-20-17-14-11-8-5-2/h56H,4-55H2,1-3H3. The summed E-state index contributed by atoms with van der Waals surface area (Å²) < 4.78 is 16.8. The molecule has 0 aliphatic rings. The van der Waals surface area contributed by atoms with Crippen LogP contribution in [0.1, 0.15) is 342 Å². The van der Waals surface area contributed by atoms with Crippen LogP contribution in [-0.4, -0.2) is 37.2 Å². The predicted molar refractivity (Wildman–Crippen MR) is 280 cm³/mol. The van der Waals surface area contributed by atoms with Crippen LogP contribution in [0.25, 0.3) is 0 Å². The molecule has 0 aromatic rings. The first-order valence-electron chi connectivity index (χ1n) is 29.5. The molecular weight excluding hydrogens is 805 g/mol. The van der Waals surface area contributed by atoms with Crippen molar-refractivity contribution in [3.8, 4) is 0 Å². The van der Waals surface area contributed by atoms with Crippen molar-refractivity contribution in [1.29, 1.82) is 0 Å². The Bertz CT molecular complexity index is 967. The smallest absolute Gasteiger partial charge is 0.306 e. The first kappa shape index (κ1) is 63.4. The largest absolute Gasteiger partial charge is 0.462 e. The van der Waals surface area contributed by atoms with Gasteiger partial charge in [0.05, 0.1) is 0 Å². The van der Waals surface area contributed by atoms with Crippen molar-refractivity contribution in [2.75, 3.05) is 13.2 Å². The molecule has 0 fully saturated rings. The van der Waals surface area contributed by atoms with Crippen molar-refractivity contribution in [3.63, 3.8) is 0 Å². The highest BCUT2D eigenvalue weighted by Gasteiger charge is 2.19. The van der Waals surface area contributed by atoms with E-state index in [1.165, 1.54) is 244 Å². The van der Waals surface area contributed by atoms with Crippen molar-refractivity contribution in [1.82, 2.24) is 0 Å². The van der Waals surface area contributed by atoms with Crippen molar-refractivity contribution in [2.45, 2.75) is 348 Å². The number of carbonyl (C=O) groups excluding carboxylic acids is 3. The van der Waals surface area contributed by atoms with E-state index in [2.05, 4.69) is 20.8 Å². The summed E-state index contributed by atoms with van der Waals surface area (Å²) >= 11 is 0. The number of hydrogen-bond donors (Lipinski definition) is 0. The van der Waals surface area contributed by atoms with Crippen LogP contribution < -0.4 is 0 Å². The van der Waals surface area contributed by atoms with Gasteiger partial charge in [0.25, 0.3) is 0 Å². The number of carbonyl (C=O) groups is 3. The second kappa shape index (κ2) is 55.0. The fraction of sp³-hybridized carbons (Fsp3) is 0.949. The Balaban J connectivity index is 4.09. The molecule has 1 unspecified atom stereocenters. The molecule has 1 atom stereocenters. The van der Waals surface area contributed by atoms with E-state index in [0.717, 1.165) is 57.8 Å². The summed E-state index contributed by atoms with van der Waals surface area (Å²) in [7, 11) is 0. The van der Waals surface area contributed by atoms with Crippen LogP contribution in [0, 0.1) is 0 Å². The minimum absolute atomic E-state index is 0.0615. The average Bonchev–Trinajstić information content (AvgIpc) is 3.30. The van der Waals surface area contributed by atoms with Crippen LogP contribution in [0.5, 0.6) is 0 Å². The fourth-order valence-corrected chi connectivity index (χ4v) is 9.15. The summed E-state index contributed by atoms with van der Waals surface area (Å²) in [4.78, 5) is 38.0. The zero-order valence-corrected chi connectivity index (χ0v) is 44.3. The van der Waals surface area contributed by atoms with Crippen LogP contribution in [0.2, 0.25) is 0 Å². The van der Waals surface area contributed by atoms with E-state index in [9.17, 15) is 14.4 Å². The molecule has 0 aliphatic heterocycles. The highest BCUT2D eigenvalue weighted by molar-refractivity contribution is 5.71. The van der Waals surface area contributed by atoms with Crippen LogP contribution in [-0.2, 0) is 28.6 Å². The third-order valence-electron chi connectivity index (χ3n) is 13.6. The van der Waals surface area contributed by atoms with E-state index in [4.69, 9.17) is 14.2 Å². The fourth-order valence-electron chi connectivity index (χ4n) is 9.15. The Morgan fingerprint density at radius 1 is 0.246 bits per heavy atom. The maximum atomic E-state index is 12.8. The van der Waals surface area contributed by atoms with Gasteiger partial charge < -0.3 is 14.2 Å².